The molecule has 0 aliphatic carbocycles. The highest BCUT2D eigenvalue weighted by atomic mass is 79.9. The molecule has 118 valence electrons. The van der Waals surface area contributed by atoms with Crippen LogP contribution < -0.4 is 5.32 Å². The summed E-state index contributed by atoms with van der Waals surface area (Å²) in [4.78, 5) is 11.1. The van der Waals surface area contributed by atoms with Crippen LogP contribution in [0.25, 0.3) is 11.0 Å². The molecular weight excluding hydrogens is 397 g/mol. The van der Waals surface area contributed by atoms with Crippen molar-refractivity contribution in [2.75, 3.05) is 5.32 Å². The normalized spacial score (nSPS) is 11.7. The van der Waals surface area contributed by atoms with E-state index in [1.165, 1.54) is 18.3 Å². The van der Waals surface area contributed by atoms with Gasteiger partial charge in [0.25, 0.3) is 0 Å². The second-order valence-electron chi connectivity index (χ2n) is 4.49. The number of benzene rings is 1. The zero-order valence-electron chi connectivity index (χ0n) is 11.2. The fourth-order valence-corrected chi connectivity index (χ4v) is 2.45. The monoisotopic (exact) mass is 402 g/mol. The van der Waals surface area contributed by atoms with Crippen molar-refractivity contribution in [1.82, 2.24) is 15.0 Å². The summed E-state index contributed by atoms with van der Waals surface area (Å²) in [7, 11) is 0. The van der Waals surface area contributed by atoms with Gasteiger partial charge in [-0.05, 0) is 40.2 Å². The number of hydrogen-bond donors (Lipinski definition) is 1. The minimum atomic E-state index is -4.67. The molecule has 0 saturated heterocycles. The maximum Gasteiger partial charge on any atom is 0.451 e. The van der Waals surface area contributed by atoms with Gasteiger partial charge in [0.05, 0.1) is 16.2 Å². The average Bonchev–Trinajstić information content (AvgIpc) is 2.51. The van der Waals surface area contributed by atoms with Gasteiger partial charge in [0.15, 0.2) is 5.82 Å². The van der Waals surface area contributed by atoms with Gasteiger partial charge in [-0.25, -0.2) is 9.97 Å². The molecule has 0 aliphatic heterocycles. The molecule has 1 N–H and O–H groups in total. The minimum Gasteiger partial charge on any atom is -0.337 e. The Bertz CT molecular complexity index is 886. The quantitative estimate of drug-likeness (QED) is 0.639. The first-order valence-corrected chi connectivity index (χ1v) is 7.44. The summed E-state index contributed by atoms with van der Waals surface area (Å²) >= 11 is 9.38. The Morgan fingerprint density at radius 2 is 1.87 bits per heavy atom. The molecule has 0 aliphatic rings. The number of halogens is 5. The van der Waals surface area contributed by atoms with E-state index < -0.39 is 12.0 Å². The summed E-state index contributed by atoms with van der Waals surface area (Å²) in [6.45, 7) is 0. The Morgan fingerprint density at radius 3 is 2.61 bits per heavy atom. The summed E-state index contributed by atoms with van der Waals surface area (Å²) in [5.74, 6) is -1.31. The van der Waals surface area contributed by atoms with Crippen molar-refractivity contribution in [1.29, 1.82) is 0 Å². The van der Waals surface area contributed by atoms with E-state index in [1.807, 2.05) is 0 Å². The number of fused-ring (bicyclic) bond motifs is 1. The van der Waals surface area contributed by atoms with Crippen LogP contribution in [0, 0.1) is 0 Å². The molecule has 23 heavy (non-hydrogen) atoms. The van der Waals surface area contributed by atoms with Crippen LogP contribution in [0.1, 0.15) is 5.82 Å². The molecule has 3 aromatic rings. The third-order valence-corrected chi connectivity index (χ3v) is 4.21. The summed E-state index contributed by atoms with van der Waals surface area (Å²) in [5.41, 5.74) is 0.708. The first-order chi connectivity index (χ1) is 10.9. The first kappa shape index (κ1) is 15.9. The van der Waals surface area contributed by atoms with Crippen LogP contribution in [-0.2, 0) is 6.18 Å². The Morgan fingerprint density at radius 1 is 1.09 bits per heavy atom. The van der Waals surface area contributed by atoms with Crippen LogP contribution in [0.4, 0.5) is 24.7 Å². The number of pyridine rings is 1. The van der Waals surface area contributed by atoms with Crippen molar-refractivity contribution in [3.05, 3.63) is 51.8 Å². The molecule has 0 saturated carbocycles. The minimum absolute atomic E-state index is 0.0667. The predicted molar refractivity (Wildman–Crippen MR) is 84.8 cm³/mol. The highest BCUT2D eigenvalue weighted by molar-refractivity contribution is 9.10. The molecule has 0 bridgehead atoms. The molecule has 0 unspecified atom stereocenters. The first-order valence-electron chi connectivity index (χ1n) is 6.27. The molecule has 9 heteroatoms. The van der Waals surface area contributed by atoms with Crippen LogP contribution in [0.3, 0.4) is 0 Å². The molecular formula is C14H7BrClF3N4. The number of rotatable bonds is 2. The lowest BCUT2D eigenvalue weighted by Crippen LogP contribution is -2.13. The predicted octanol–water partition coefficient (Wildman–Crippen LogP) is 5.20. The third-order valence-electron chi connectivity index (χ3n) is 2.91. The zero-order valence-corrected chi connectivity index (χ0v) is 13.5. The van der Waals surface area contributed by atoms with E-state index in [1.54, 1.807) is 18.2 Å². The van der Waals surface area contributed by atoms with Gasteiger partial charge in [-0.3, -0.25) is 4.98 Å². The standard InChI is InChI=1S/C14H7BrClF3N4/c15-7-3-1-4-8(10(7)16)21-12-11-9(5-2-6-20-11)22-13(23-12)14(17,18)19/h1-6H,(H,21,22,23). The van der Waals surface area contributed by atoms with Crippen molar-refractivity contribution in [3.8, 4) is 0 Å². The van der Waals surface area contributed by atoms with E-state index >= 15 is 0 Å². The molecule has 3 rings (SSSR count). The molecule has 2 heterocycles. The number of aromatic nitrogens is 3. The molecule has 0 amide bonds. The molecule has 0 radical (unpaired) electrons. The average molecular weight is 404 g/mol. The van der Waals surface area contributed by atoms with E-state index in [0.717, 1.165) is 0 Å². The van der Waals surface area contributed by atoms with Crippen molar-refractivity contribution in [3.63, 3.8) is 0 Å². The lowest BCUT2D eigenvalue weighted by Gasteiger charge is -2.13. The molecule has 2 aromatic heterocycles. The van der Waals surface area contributed by atoms with Crippen LogP contribution >= 0.6 is 27.5 Å². The SMILES string of the molecule is FC(F)(F)c1nc(Nc2cccc(Br)c2Cl)c2ncccc2n1. The Hall–Kier alpha value is -1.93. The van der Waals surface area contributed by atoms with Gasteiger partial charge in [0.2, 0.25) is 5.82 Å². The van der Waals surface area contributed by atoms with Crippen molar-refractivity contribution >= 4 is 50.1 Å². The van der Waals surface area contributed by atoms with Gasteiger partial charge in [-0.2, -0.15) is 13.2 Å². The van der Waals surface area contributed by atoms with Crippen LogP contribution in [0.2, 0.25) is 5.02 Å². The largest absolute Gasteiger partial charge is 0.451 e. The van der Waals surface area contributed by atoms with E-state index in [0.29, 0.717) is 15.2 Å². The number of alkyl halides is 3. The van der Waals surface area contributed by atoms with Gasteiger partial charge < -0.3 is 5.32 Å². The maximum absolute atomic E-state index is 13.0. The van der Waals surface area contributed by atoms with Gasteiger partial charge in [0.1, 0.15) is 5.52 Å². The molecule has 0 atom stereocenters. The topological polar surface area (TPSA) is 50.7 Å². The molecule has 0 fully saturated rings. The summed E-state index contributed by atoms with van der Waals surface area (Å²) < 4.78 is 39.5. The van der Waals surface area contributed by atoms with Gasteiger partial charge in [0, 0.05) is 10.7 Å². The fourth-order valence-electron chi connectivity index (χ4n) is 1.91. The van der Waals surface area contributed by atoms with E-state index in [2.05, 4.69) is 36.2 Å². The second kappa shape index (κ2) is 5.93. The van der Waals surface area contributed by atoms with Gasteiger partial charge >= 0.3 is 6.18 Å². The summed E-state index contributed by atoms with van der Waals surface area (Å²) in [5, 5.41) is 3.12. The van der Waals surface area contributed by atoms with E-state index in [-0.39, 0.29) is 16.9 Å². The third kappa shape index (κ3) is 3.23. The van der Waals surface area contributed by atoms with Crippen LogP contribution in [0.5, 0.6) is 0 Å². The molecule has 1 aromatic carbocycles. The molecule has 4 nitrogen and oxygen atoms in total. The fraction of sp³-hybridized carbons (Fsp3) is 0.0714. The maximum atomic E-state index is 13.0. The van der Waals surface area contributed by atoms with E-state index in [4.69, 9.17) is 11.6 Å². The highest BCUT2D eigenvalue weighted by Crippen LogP contribution is 2.34. The van der Waals surface area contributed by atoms with Crippen molar-refractivity contribution in [2.45, 2.75) is 6.18 Å². The Kier molecular flexibility index (Phi) is 4.11. The lowest BCUT2D eigenvalue weighted by molar-refractivity contribution is -0.144. The Labute approximate surface area is 141 Å². The zero-order chi connectivity index (χ0) is 16.6. The lowest BCUT2D eigenvalue weighted by atomic mass is 10.3. The second-order valence-corrected chi connectivity index (χ2v) is 5.72. The molecule has 0 spiro atoms. The van der Waals surface area contributed by atoms with Crippen molar-refractivity contribution < 1.29 is 13.2 Å². The highest BCUT2D eigenvalue weighted by Gasteiger charge is 2.35. The summed E-state index contributed by atoms with van der Waals surface area (Å²) in [6, 6.07) is 7.97. The number of nitrogens with one attached hydrogen (secondary N) is 1. The van der Waals surface area contributed by atoms with Crippen LogP contribution in [-0.4, -0.2) is 15.0 Å². The van der Waals surface area contributed by atoms with E-state index in [9.17, 15) is 13.2 Å². The van der Waals surface area contributed by atoms with Crippen LogP contribution in [0.15, 0.2) is 41.0 Å². The number of nitrogens with zero attached hydrogens (tertiary/aromatic N) is 3. The van der Waals surface area contributed by atoms with Gasteiger partial charge in [-0.15, -0.1) is 0 Å². The van der Waals surface area contributed by atoms with Gasteiger partial charge in [-0.1, -0.05) is 17.7 Å². The van der Waals surface area contributed by atoms with Crippen molar-refractivity contribution in [2.24, 2.45) is 0 Å². The number of hydrogen-bond acceptors (Lipinski definition) is 4. The Balaban J connectivity index is 2.17. The smallest absolute Gasteiger partial charge is 0.337 e. The summed E-state index contributed by atoms with van der Waals surface area (Å²) in [6.07, 6.45) is -3.21. The number of anilines is 2.